The molecule has 72 valence electrons. The molecule has 1 atom stereocenters. The van der Waals surface area contributed by atoms with Gasteiger partial charge in [0.15, 0.2) is 0 Å². The molecule has 0 radical (unpaired) electrons. The van der Waals surface area contributed by atoms with Crippen molar-refractivity contribution in [3.63, 3.8) is 0 Å². The summed E-state index contributed by atoms with van der Waals surface area (Å²) in [4.78, 5) is 0. The molecule has 0 aliphatic carbocycles. The third kappa shape index (κ3) is 1.64. The fraction of sp³-hybridized carbons (Fsp3) is 1.00. The van der Waals surface area contributed by atoms with Gasteiger partial charge in [-0.25, -0.2) is 8.42 Å². The van der Waals surface area contributed by atoms with E-state index in [1.54, 1.807) is 11.2 Å². The topological polar surface area (TPSA) is 37.4 Å². The molecule has 0 aromatic carbocycles. The van der Waals surface area contributed by atoms with Gasteiger partial charge in [-0.2, -0.15) is 4.31 Å². The Hall–Kier alpha value is -0.0900. The first-order valence-corrected chi connectivity index (χ1v) is 5.97. The van der Waals surface area contributed by atoms with Crippen LogP contribution in [0.15, 0.2) is 0 Å². The van der Waals surface area contributed by atoms with E-state index in [4.69, 9.17) is 0 Å². The van der Waals surface area contributed by atoms with Crippen LogP contribution in [0.3, 0.4) is 0 Å². The van der Waals surface area contributed by atoms with Crippen LogP contribution >= 0.6 is 0 Å². The lowest BCUT2D eigenvalue weighted by Gasteiger charge is -2.33. The number of hydrogen-bond donors (Lipinski definition) is 0. The smallest absolute Gasteiger partial charge is 0.212 e. The Morgan fingerprint density at radius 1 is 1.42 bits per heavy atom. The van der Waals surface area contributed by atoms with Crippen LogP contribution in [0.25, 0.3) is 0 Å². The Bertz CT molecular complexity index is 246. The maximum absolute atomic E-state index is 11.7. The molecule has 0 N–H and O–H groups in total. The highest BCUT2D eigenvalue weighted by Gasteiger charge is 2.33. The van der Waals surface area contributed by atoms with E-state index in [-0.39, 0.29) is 11.3 Å². The summed E-state index contributed by atoms with van der Waals surface area (Å²) in [5.41, 5.74) is 0. The van der Waals surface area contributed by atoms with Crippen LogP contribution in [0.5, 0.6) is 0 Å². The number of nitrogens with zero attached hydrogens (tertiary/aromatic N) is 1. The third-order valence-electron chi connectivity index (χ3n) is 2.40. The molecule has 0 saturated carbocycles. The van der Waals surface area contributed by atoms with Crippen molar-refractivity contribution in [2.75, 3.05) is 6.54 Å². The van der Waals surface area contributed by atoms with Crippen molar-refractivity contribution in [2.45, 2.75) is 44.9 Å². The number of rotatable bonds is 1. The van der Waals surface area contributed by atoms with Crippen LogP contribution in [0.2, 0.25) is 0 Å². The van der Waals surface area contributed by atoms with Gasteiger partial charge in [0.05, 0.1) is 5.25 Å². The standard InChI is InChI=1S/C8H17NO2S/c1-7(2)9-6-4-5-8(3)12(9,10)11/h7-8H,4-6H2,1-3H3. The monoisotopic (exact) mass is 191 g/mol. The molecule has 0 aromatic heterocycles. The molecule has 1 rings (SSSR count). The Morgan fingerprint density at radius 2 is 2.00 bits per heavy atom. The summed E-state index contributed by atoms with van der Waals surface area (Å²) in [5.74, 6) is 0. The molecule has 1 heterocycles. The second-order valence-corrected chi connectivity index (χ2v) is 6.01. The molecular formula is C8H17NO2S. The fourth-order valence-corrected chi connectivity index (χ4v) is 3.49. The highest BCUT2D eigenvalue weighted by molar-refractivity contribution is 7.89. The Morgan fingerprint density at radius 3 is 2.42 bits per heavy atom. The summed E-state index contributed by atoms with van der Waals surface area (Å²) >= 11 is 0. The van der Waals surface area contributed by atoms with Gasteiger partial charge in [0.25, 0.3) is 0 Å². The van der Waals surface area contributed by atoms with Gasteiger partial charge in [0, 0.05) is 12.6 Å². The van der Waals surface area contributed by atoms with Gasteiger partial charge in [0.2, 0.25) is 10.0 Å². The third-order valence-corrected chi connectivity index (χ3v) is 4.91. The average Bonchev–Trinajstić information content (AvgIpc) is 1.94. The number of sulfonamides is 1. The van der Waals surface area contributed by atoms with Crippen molar-refractivity contribution in [1.29, 1.82) is 0 Å². The molecule has 1 saturated heterocycles. The van der Waals surface area contributed by atoms with Gasteiger partial charge < -0.3 is 0 Å². The van der Waals surface area contributed by atoms with E-state index in [0.29, 0.717) is 6.54 Å². The van der Waals surface area contributed by atoms with E-state index in [0.717, 1.165) is 12.8 Å². The highest BCUT2D eigenvalue weighted by Crippen LogP contribution is 2.22. The molecule has 3 nitrogen and oxygen atoms in total. The minimum Gasteiger partial charge on any atom is -0.212 e. The van der Waals surface area contributed by atoms with E-state index < -0.39 is 10.0 Å². The molecule has 4 heteroatoms. The zero-order chi connectivity index (χ0) is 9.35. The zero-order valence-corrected chi connectivity index (χ0v) is 8.76. The minimum atomic E-state index is -2.97. The molecule has 12 heavy (non-hydrogen) atoms. The molecule has 1 aliphatic rings. The van der Waals surface area contributed by atoms with Crippen LogP contribution in [0.1, 0.15) is 33.6 Å². The van der Waals surface area contributed by atoms with Crippen molar-refractivity contribution in [1.82, 2.24) is 4.31 Å². The Kier molecular flexibility index (Phi) is 2.78. The summed E-state index contributed by atoms with van der Waals surface area (Å²) < 4.78 is 25.0. The van der Waals surface area contributed by atoms with Crippen LogP contribution in [-0.4, -0.2) is 30.6 Å². The van der Waals surface area contributed by atoms with Gasteiger partial charge in [-0.05, 0) is 33.6 Å². The molecular weight excluding hydrogens is 174 g/mol. The van der Waals surface area contributed by atoms with E-state index in [1.165, 1.54) is 0 Å². The maximum Gasteiger partial charge on any atom is 0.216 e. The van der Waals surface area contributed by atoms with Crippen molar-refractivity contribution >= 4 is 10.0 Å². The van der Waals surface area contributed by atoms with Gasteiger partial charge in [-0.15, -0.1) is 0 Å². The van der Waals surface area contributed by atoms with Crippen molar-refractivity contribution in [3.05, 3.63) is 0 Å². The van der Waals surface area contributed by atoms with Crippen molar-refractivity contribution in [3.8, 4) is 0 Å². The maximum atomic E-state index is 11.7. The summed E-state index contributed by atoms with van der Waals surface area (Å²) in [7, 11) is -2.97. The predicted molar refractivity (Wildman–Crippen MR) is 49.5 cm³/mol. The molecule has 0 amide bonds. The first kappa shape index (κ1) is 9.99. The van der Waals surface area contributed by atoms with Crippen LogP contribution in [-0.2, 0) is 10.0 Å². The molecule has 0 bridgehead atoms. The normalized spacial score (nSPS) is 30.8. The lowest BCUT2D eigenvalue weighted by atomic mass is 10.2. The second kappa shape index (κ2) is 3.34. The predicted octanol–water partition coefficient (Wildman–Crippen LogP) is 1.21. The highest BCUT2D eigenvalue weighted by atomic mass is 32.2. The fourth-order valence-electron chi connectivity index (χ4n) is 1.59. The van der Waals surface area contributed by atoms with Gasteiger partial charge in [-0.3, -0.25) is 0 Å². The molecule has 0 spiro atoms. The lowest BCUT2D eigenvalue weighted by Crippen LogP contribution is -2.45. The first-order chi connectivity index (χ1) is 5.46. The van der Waals surface area contributed by atoms with Gasteiger partial charge in [-0.1, -0.05) is 0 Å². The summed E-state index contributed by atoms with van der Waals surface area (Å²) in [6, 6.07) is 0.109. The van der Waals surface area contributed by atoms with Crippen LogP contribution in [0.4, 0.5) is 0 Å². The zero-order valence-electron chi connectivity index (χ0n) is 7.95. The van der Waals surface area contributed by atoms with E-state index in [9.17, 15) is 8.42 Å². The van der Waals surface area contributed by atoms with Crippen LogP contribution in [0, 0.1) is 0 Å². The van der Waals surface area contributed by atoms with Crippen molar-refractivity contribution < 1.29 is 8.42 Å². The minimum absolute atomic E-state index is 0.109. The quantitative estimate of drug-likeness (QED) is 0.624. The molecule has 1 fully saturated rings. The summed E-state index contributed by atoms with van der Waals surface area (Å²) in [5, 5.41) is -0.186. The van der Waals surface area contributed by atoms with Crippen LogP contribution < -0.4 is 0 Å². The molecule has 1 unspecified atom stereocenters. The van der Waals surface area contributed by atoms with Crippen molar-refractivity contribution in [2.24, 2.45) is 0 Å². The Labute approximate surface area is 74.8 Å². The first-order valence-electron chi connectivity index (χ1n) is 4.47. The van der Waals surface area contributed by atoms with E-state index >= 15 is 0 Å². The van der Waals surface area contributed by atoms with E-state index in [1.807, 2.05) is 13.8 Å². The summed E-state index contributed by atoms with van der Waals surface area (Å²) in [6.45, 7) is 6.35. The Balaban J connectivity index is 2.88. The SMILES string of the molecule is CC(C)N1CCCC(C)S1(=O)=O. The summed E-state index contributed by atoms with van der Waals surface area (Å²) in [6.07, 6.45) is 1.81. The largest absolute Gasteiger partial charge is 0.216 e. The van der Waals surface area contributed by atoms with Gasteiger partial charge in [0.1, 0.15) is 0 Å². The average molecular weight is 191 g/mol. The number of hydrogen-bond acceptors (Lipinski definition) is 2. The second-order valence-electron chi connectivity index (χ2n) is 3.70. The molecule has 1 aliphatic heterocycles. The molecule has 0 aromatic rings. The van der Waals surface area contributed by atoms with E-state index in [2.05, 4.69) is 0 Å². The van der Waals surface area contributed by atoms with Gasteiger partial charge >= 0.3 is 0 Å². The lowest BCUT2D eigenvalue weighted by molar-refractivity contribution is 0.320.